The van der Waals surface area contributed by atoms with Gasteiger partial charge in [-0.3, -0.25) is 10.2 Å². The average molecular weight is 143 g/mol. The molecule has 4 N–H and O–H groups in total. The maximum absolute atomic E-state index is 10.9. The number of carbonyl (C=O) groups is 1. The van der Waals surface area contributed by atoms with E-state index in [9.17, 15) is 4.79 Å². The molecule has 1 aliphatic rings. The van der Waals surface area contributed by atoms with Gasteiger partial charge < -0.3 is 5.73 Å². The Morgan fingerprint density at radius 2 is 2.20 bits per heavy atom. The lowest BCUT2D eigenvalue weighted by atomic mass is 9.80. The molecule has 4 nitrogen and oxygen atoms in total. The van der Waals surface area contributed by atoms with Gasteiger partial charge in [-0.2, -0.15) is 0 Å². The van der Waals surface area contributed by atoms with Crippen molar-refractivity contribution in [1.29, 1.82) is 0 Å². The number of nitrogens with two attached hydrogens (primary N) is 1. The second-order valence-corrected chi connectivity index (χ2v) is 2.67. The first-order chi connectivity index (χ1) is 4.74. The Balaban J connectivity index is 2.18. The highest BCUT2D eigenvalue weighted by Crippen LogP contribution is 2.24. The van der Waals surface area contributed by atoms with E-state index in [1.54, 1.807) is 7.05 Å². The van der Waals surface area contributed by atoms with Gasteiger partial charge in [0.25, 0.3) is 0 Å². The fourth-order valence-corrected chi connectivity index (χ4v) is 1.10. The maximum atomic E-state index is 10.9. The van der Waals surface area contributed by atoms with E-state index >= 15 is 0 Å². The van der Waals surface area contributed by atoms with E-state index < -0.39 is 0 Å². The number of nitrogens with one attached hydrogen (secondary N) is 2. The molecular weight excluding hydrogens is 130 g/mol. The van der Waals surface area contributed by atoms with Gasteiger partial charge in [-0.05, 0) is 12.8 Å². The zero-order valence-corrected chi connectivity index (χ0v) is 6.05. The van der Waals surface area contributed by atoms with E-state index in [4.69, 9.17) is 5.73 Å². The minimum absolute atomic E-state index is 0.0594. The minimum atomic E-state index is 0.0594. The highest BCUT2D eigenvalue weighted by atomic mass is 16.2. The van der Waals surface area contributed by atoms with Crippen molar-refractivity contribution >= 4 is 5.91 Å². The van der Waals surface area contributed by atoms with Gasteiger partial charge in [0, 0.05) is 19.0 Å². The van der Waals surface area contributed by atoms with Gasteiger partial charge in [0.15, 0.2) is 0 Å². The first-order valence-corrected chi connectivity index (χ1v) is 3.46. The molecule has 0 aromatic carbocycles. The third-order valence-electron chi connectivity index (χ3n) is 1.79. The number of hydrogen-bond acceptors (Lipinski definition) is 3. The van der Waals surface area contributed by atoms with Crippen molar-refractivity contribution in [3.8, 4) is 0 Å². The van der Waals surface area contributed by atoms with E-state index in [2.05, 4.69) is 10.9 Å². The summed E-state index contributed by atoms with van der Waals surface area (Å²) in [6, 6.07) is 0.243. The van der Waals surface area contributed by atoms with Crippen molar-refractivity contribution in [3.63, 3.8) is 0 Å². The summed E-state index contributed by atoms with van der Waals surface area (Å²) in [5.74, 6) is 0.201. The molecule has 0 aromatic heterocycles. The molecule has 1 fully saturated rings. The van der Waals surface area contributed by atoms with Crippen LogP contribution in [0.25, 0.3) is 0 Å². The lowest BCUT2D eigenvalue weighted by Gasteiger charge is -2.30. The highest BCUT2D eigenvalue weighted by Gasteiger charge is 2.31. The molecule has 0 aliphatic heterocycles. The lowest BCUT2D eigenvalue weighted by Crippen LogP contribution is -2.48. The van der Waals surface area contributed by atoms with Crippen molar-refractivity contribution < 1.29 is 4.79 Å². The van der Waals surface area contributed by atoms with Crippen LogP contribution in [-0.2, 0) is 4.79 Å². The standard InChI is InChI=1S/C6H13N3O/c1-8-9-6(10)4-2-5(7)3-4/h4-5,8H,2-3,7H2,1H3,(H,9,10)/t4-,5-. The van der Waals surface area contributed by atoms with Gasteiger partial charge in [0.2, 0.25) is 5.91 Å². The summed E-state index contributed by atoms with van der Waals surface area (Å²) in [5.41, 5.74) is 10.6. The SMILES string of the molecule is CNNC(=O)[C@H]1C[C@H](N)C1. The van der Waals surface area contributed by atoms with Crippen LogP contribution in [-0.4, -0.2) is 19.0 Å². The molecule has 58 valence electrons. The summed E-state index contributed by atoms with van der Waals surface area (Å²) in [5, 5.41) is 0. The Labute approximate surface area is 60.1 Å². The summed E-state index contributed by atoms with van der Waals surface area (Å²) in [6.45, 7) is 0. The summed E-state index contributed by atoms with van der Waals surface area (Å²) in [6.07, 6.45) is 1.65. The monoisotopic (exact) mass is 143 g/mol. The molecule has 0 saturated heterocycles. The van der Waals surface area contributed by atoms with E-state index in [1.165, 1.54) is 0 Å². The van der Waals surface area contributed by atoms with Gasteiger partial charge in [0.1, 0.15) is 0 Å². The Bertz CT molecular complexity index is 131. The van der Waals surface area contributed by atoms with Crippen molar-refractivity contribution in [2.45, 2.75) is 18.9 Å². The number of hydrazine groups is 1. The van der Waals surface area contributed by atoms with E-state index in [-0.39, 0.29) is 17.9 Å². The van der Waals surface area contributed by atoms with Crippen LogP contribution in [0.1, 0.15) is 12.8 Å². The summed E-state index contributed by atoms with van der Waals surface area (Å²) in [4.78, 5) is 10.9. The predicted molar refractivity (Wildman–Crippen MR) is 37.9 cm³/mol. The number of rotatable bonds is 2. The van der Waals surface area contributed by atoms with Crippen LogP contribution in [0.15, 0.2) is 0 Å². The molecule has 1 saturated carbocycles. The normalized spacial score (nSPS) is 31.0. The van der Waals surface area contributed by atoms with Crippen molar-refractivity contribution in [1.82, 2.24) is 10.9 Å². The molecule has 0 aromatic rings. The fourth-order valence-electron chi connectivity index (χ4n) is 1.10. The minimum Gasteiger partial charge on any atom is -0.328 e. The number of carbonyl (C=O) groups excluding carboxylic acids is 1. The van der Waals surface area contributed by atoms with E-state index in [0.29, 0.717) is 0 Å². The van der Waals surface area contributed by atoms with Gasteiger partial charge in [0.05, 0.1) is 0 Å². The molecule has 4 heteroatoms. The van der Waals surface area contributed by atoms with Crippen molar-refractivity contribution in [3.05, 3.63) is 0 Å². The lowest BCUT2D eigenvalue weighted by molar-refractivity contribution is -0.128. The van der Waals surface area contributed by atoms with Crippen LogP contribution in [0.5, 0.6) is 0 Å². The molecule has 0 atom stereocenters. The number of hydrogen-bond donors (Lipinski definition) is 3. The molecule has 0 heterocycles. The molecule has 0 unspecified atom stereocenters. The second-order valence-electron chi connectivity index (χ2n) is 2.67. The molecule has 0 bridgehead atoms. The Morgan fingerprint density at radius 3 is 2.60 bits per heavy atom. The summed E-state index contributed by atoms with van der Waals surface area (Å²) in [7, 11) is 1.68. The maximum Gasteiger partial charge on any atom is 0.237 e. The van der Waals surface area contributed by atoms with Crippen LogP contribution >= 0.6 is 0 Å². The van der Waals surface area contributed by atoms with Crippen molar-refractivity contribution in [2.24, 2.45) is 11.7 Å². The largest absolute Gasteiger partial charge is 0.328 e. The molecule has 0 spiro atoms. The predicted octanol–water partition coefficient (Wildman–Crippen LogP) is -1.03. The summed E-state index contributed by atoms with van der Waals surface area (Å²) >= 11 is 0. The van der Waals surface area contributed by atoms with Crippen LogP contribution in [0, 0.1) is 5.92 Å². The van der Waals surface area contributed by atoms with Crippen LogP contribution in [0.3, 0.4) is 0 Å². The molecule has 1 aliphatic carbocycles. The highest BCUT2D eigenvalue weighted by molar-refractivity contribution is 5.79. The number of amides is 1. The van der Waals surface area contributed by atoms with Crippen molar-refractivity contribution in [2.75, 3.05) is 7.05 Å². The first-order valence-electron chi connectivity index (χ1n) is 3.46. The van der Waals surface area contributed by atoms with Gasteiger partial charge >= 0.3 is 0 Å². The molecule has 10 heavy (non-hydrogen) atoms. The topological polar surface area (TPSA) is 67.1 Å². The first kappa shape index (κ1) is 7.50. The third-order valence-corrected chi connectivity index (χ3v) is 1.79. The zero-order valence-electron chi connectivity index (χ0n) is 6.05. The molecule has 0 radical (unpaired) electrons. The Morgan fingerprint density at radius 1 is 1.60 bits per heavy atom. The van der Waals surface area contributed by atoms with Gasteiger partial charge in [-0.25, -0.2) is 5.43 Å². The van der Waals surface area contributed by atoms with Crippen LogP contribution in [0.2, 0.25) is 0 Å². The molecule has 1 amide bonds. The Hall–Kier alpha value is -0.610. The van der Waals surface area contributed by atoms with Crippen LogP contribution < -0.4 is 16.6 Å². The zero-order chi connectivity index (χ0) is 7.56. The smallest absolute Gasteiger partial charge is 0.237 e. The Kier molecular flexibility index (Phi) is 2.24. The molecular formula is C6H13N3O. The van der Waals surface area contributed by atoms with Gasteiger partial charge in [-0.1, -0.05) is 0 Å². The third kappa shape index (κ3) is 1.46. The van der Waals surface area contributed by atoms with E-state index in [1.807, 2.05) is 0 Å². The second kappa shape index (κ2) is 2.98. The molecule has 1 rings (SSSR count). The van der Waals surface area contributed by atoms with Crippen LogP contribution in [0.4, 0.5) is 0 Å². The average Bonchev–Trinajstić information content (AvgIpc) is 1.82. The van der Waals surface area contributed by atoms with Gasteiger partial charge in [-0.15, -0.1) is 0 Å². The quantitative estimate of drug-likeness (QED) is 0.433. The van der Waals surface area contributed by atoms with E-state index in [0.717, 1.165) is 12.8 Å². The fraction of sp³-hybridized carbons (Fsp3) is 0.833. The summed E-state index contributed by atoms with van der Waals surface area (Å²) < 4.78 is 0.